The molecule has 96 valence electrons. The van der Waals surface area contributed by atoms with E-state index in [0.29, 0.717) is 6.04 Å². The van der Waals surface area contributed by atoms with Crippen molar-refractivity contribution in [3.63, 3.8) is 0 Å². The number of rotatable bonds is 7. The SMILES string of the molecule is CCc1ccc(C(CCCC(C)C)NN)cc1. The number of hydrogen-bond acceptors (Lipinski definition) is 2. The van der Waals surface area contributed by atoms with E-state index in [9.17, 15) is 0 Å². The van der Waals surface area contributed by atoms with Gasteiger partial charge in [-0.25, -0.2) is 0 Å². The van der Waals surface area contributed by atoms with Crippen LogP contribution in [0.2, 0.25) is 0 Å². The average Bonchev–Trinajstić information content (AvgIpc) is 2.34. The summed E-state index contributed by atoms with van der Waals surface area (Å²) in [5.41, 5.74) is 5.61. The van der Waals surface area contributed by atoms with E-state index in [4.69, 9.17) is 5.84 Å². The Bertz CT molecular complexity index is 303. The van der Waals surface area contributed by atoms with Gasteiger partial charge in [0.25, 0.3) is 0 Å². The van der Waals surface area contributed by atoms with Crippen molar-refractivity contribution in [1.29, 1.82) is 0 Å². The molecule has 0 radical (unpaired) electrons. The van der Waals surface area contributed by atoms with Crippen LogP contribution in [0.5, 0.6) is 0 Å². The fourth-order valence-electron chi connectivity index (χ4n) is 2.06. The molecule has 0 saturated carbocycles. The fraction of sp³-hybridized carbons (Fsp3) is 0.600. The number of benzene rings is 1. The van der Waals surface area contributed by atoms with Crippen molar-refractivity contribution >= 4 is 0 Å². The van der Waals surface area contributed by atoms with Crippen LogP contribution in [0.3, 0.4) is 0 Å². The zero-order valence-corrected chi connectivity index (χ0v) is 11.4. The summed E-state index contributed by atoms with van der Waals surface area (Å²) < 4.78 is 0. The number of nitrogens with one attached hydrogen (secondary N) is 1. The Hall–Kier alpha value is -0.860. The Morgan fingerprint density at radius 1 is 1.12 bits per heavy atom. The minimum atomic E-state index is 0.291. The molecule has 0 aliphatic heterocycles. The summed E-state index contributed by atoms with van der Waals surface area (Å²) in [5.74, 6) is 6.42. The molecule has 0 amide bonds. The number of nitrogens with two attached hydrogens (primary N) is 1. The first kappa shape index (κ1) is 14.2. The first-order valence-corrected chi connectivity index (χ1v) is 6.72. The summed E-state index contributed by atoms with van der Waals surface area (Å²) >= 11 is 0. The van der Waals surface area contributed by atoms with Crippen molar-refractivity contribution < 1.29 is 0 Å². The van der Waals surface area contributed by atoms with Gasteiger partial charge in [0.05, 0.1) is 0 Å². The highest BCUT2D eigenvalue weighted by Gasteiger charge is 2.09. The van der Waals surface area contributed by atoms with Gasteiger partial charge in [-0.1, -0.05) is 57.9 Å². The molecule has 1 atom stereocenters. The smallest absolute Gasteiger partial charge is 0.0460 e. The predicted molar refractivity (Wildman–Crippen MR) is 74.6 cm³/mol. The van der Waals surface area contributed by atoms with Crippen LogP contribution in [0, 0.1) is 5.92 Å². The number of hydrogen-bond donors (Lipinski definition) is 2. The fourth-order valence-corrected chi connectivity index (χ4v) is 2.06. The Labute approximate surface area is 106 Å². The Morgan fingerprint density at radius 3 is 2.24 bits per heavy atom. The van der Waals surface area contributed by atoms with Gasteiger partial charge in [0, 0.05) is 6.04 Å². The largest absolute Gasteiger partial charge is 0.271 e. The topological polar surface area (TPSA) is 38.0 Å². The minimum Gasteiger partial charge on any atom is -0.271 e. The van der Waals surface area contributed by atoms with Crippen LogP contribution in [0.15, 0.2) is 24.3 Å². The summed E-state index contributed by atoms with van der Waals surface area (Å²) in [6.45, 7) is 6.71. The Morgan fingerprint density at radius 2 is 1.76 bits per heavy atom. The minimum absolute atomic E-state index is 0.291. The van der Waals surface area contributed by atoms with E-state index in [1.165, 1.54) is 24.0 Å². The standard InChI is InChI=1S/C15H26N2/c1-4-13-8-10-14(11-9-13)15(17-16)7-5-6-12(2)3/h8-12,15,17H,4-7,16H2,1-3H3. The van der Waals surface area contributed by atoms with E-state index in [-0.39, 0.29) is 0 Å². The van der Waals surface area contributed by atoms with Crippen LogP contribution in [0.25, 0.3) is 0 Å². The molecular formula is C15H26N2. The third-order valence-electron chi connectivity index (χ3n) is 3.27. The maximum atomic E-state index is 5.64. The van der Waals surface area contributed by atoms with E-state index in [0.717, 1.165) is 18.8 Å². The van der Waals surface area contributed by atoms with Gasteiger partial charge < -0.3 is 0 Å². The third-order valence-corrected chi connectivity index (χ3v) is 3.27. The molecule has 0 aromatic heterocycles. The summed E-state index contributed by atoms with van der Waals surface area (Å²) in [6.07, 6.45) is 4.70. The molecule has 0 aliphatic rings. The lowest BCUT2D eigenvalue weighted by Crippen LogP contribution is -2.28. The number of aryl methyl sites for hydroxylation is 1. The second-order valence-electron chi connectivity index (χ2n) is 5.14. The van der Waals surface area contributed by atoms with Gasteiger partial charge in [-0.2, -0.15) is 0 Å². The molecule has 0 heterocycles. The van der Waals surface area contributed by atoms with E-state index in [2.05, 4.69) is 50.5 Å². The highest BCUT2D eigenvalue weighted by molar-refractivity contribution is 5.24. The maximum absolute atomic E-state index is 5.64. The first-order chi connectivity index (χ1) is 8.17. The van der Waals surface area contributed by atoms with Gasteiger partial charge in [0.1, 0.15) is 0 Å². The summed E-state index contributed by atoms with van der Waals surface area (Å²) in [4.78, 5) is 0. The van der Waals surface area contributed by atoms with Gasteiger partial charge in [-0.3, -0.25) is 11.3 Å². The second kappa shape index (κ2) is 7.46. The second-order valence-corrected chi connectivity index (χ2v) is 5.14. The van der Waals surface area contributed by atoms with Crippen molar-refractivity contribution in [2.24, 2.45) is 11.8 Å². The van der Waals surface area contributed by atoms with Crippen molar-refractivity contribution in [3.05, 3.63) is 35.4 Å². The van der Waals surface area contributed by atoms with E-state index in [1.807, 2.05) is 0 Å². The molecule has 1 aromatic rings. The molecule has 1 rings (SSSR count). The van der Waals surface area contributed by atoms with Crippen LogP contribution in [0.4, 0.5) is 0 Å². The highest BCUT2D eigenvalue weighted by Crippen LogP contribution is 2.20. The van der Waals surface area contributed by atoms with Crippen molar-refractivity contribution in [2.45, 2.75) is 52.5 Å². The van der Waals surface area contributed by atoms with Crippen molar-refractivity contribution in [2.75, 3.05) is 0 Å². The molecule has 0 fully saturated rings. The molecule has 3 N–H and O–H groups in total. The van der Waals surface area contributed by atoms with Crippen LogP contribution in [-0.2, 0) is 6.42 Å². The van der Waals surface area contributed by atoms with Gasteiger partial charge >= 0.3 is 0 Å². The quantitative estimate of drug-likeness (QED) is 0.559. The van der Waals surface area contributed by atoms with Gasteiger partial charge in [-0.05, 0) is 29.9 Å². The first-order valence-electron chi connectivity index (χ1n) is 6.72. The van der Waals surface area contributed by atoms with Gasteiger partial charge in [0.2, 0.25) is 0 Å². The van der Waals surface area contributed by atoms with Crippen LogP contribution < -0.4 is 11.3 Å². The average molecular weight is 234 g/mol. The van der Waals surface area contributed by atoms with E-state index >= 15 is 0 Å². The molecule has 0 aliphatic carbocycles. The molecule has 0 bridgehead atoms. The highest BCUT2D eigenvalue weighted by atomic mass is 15.2. The molecule has 0 saturated heterocycles. The predicted octanol–water partition coefficient (Wildman–Crippen LogP) is 3.58. The zero-order chi connectivity index (χ0) is 12.7. The molecule has 0 spiro atoms. The molecule has 2 heteroatoms. The number of hydrazine groups is 1. The molecule has 17 heavy (non-hydrogen) atoms. The van der Waals surface area contributed by atoms with Crippen molar-refractivity contribution in [3.8, 4) is 0 Å². The molecule has 1 unspecified atom stereocenters. The lowest BCUT2D eigenvalue weighted by atomic mass is 9.97. The zero-order valence-electron chi connectivity index (χ0n) is 11.4. The lowest BCUT2D eigenvalue weighted by Gasteiger charge is -2.17. The molecule has 2 nitrogen and oxygen atoms in total. The van der Waals surface area contributed by atoms with E-state index < -0.39 is 0 Å². The summed E-state index contributed by atoms with van der Waals surface area (Å²) in [5, 5.41) is 0. The van der Waals surface area contributed by atoms with Crippen LogP contribution >= 0.6 is 0 Å². The van der Waals surface area contributed by atoms with Crippen molar-refractivity contribution in [1.82, 2.24) is 5.43 Å². The van der Waals surface area contributed by atoms with Gasteiger partial charge in [0.15, 0.2) is 0 Å². The normalized spacial score (nSPS) is 13.0. The monoisotopic (exact) mass is 234 g/mol. The summed E-state index contributed by atoms with van der Waals surface area (Å²) in [7, 11) is 0. The van der Waals surface area contributed by atoms with Crippen LogP contribution in [-0.4, -0.2) is 0 Å². The van der Waals surface area contributed by atoms with Gasteiger partial charge in [-0.15, -0.1) is 0 Å². The van der Waals surface area contributed by atoms with E-state index in [1.54, 1.807) is 0 Å². The molecular weight excluding hydrogens is 208 g/mol. The third kappa shape index (κ3) is 4.88. The van der Waals surface area contributed by atoms with Crippen LogP contribution in [0.1, 0.15) is 57.2 Å². The Balaban J connectivity index is 2.53. The lowest BCUT2D eigenvalue weighted by molar-refractivity contribution is 0.455. The molecule has 1 aromatic carbocycles. The maximum Gasteiger partial charge on any atom is 0.0460 e. The Kier molecular flexibility index (Phi) is 6.23. The summed E-state index contributed by atoms with van der Waals surface area (Å²) in [6, 6.07) is 9.07.